The minimum atomic E-state index is -1.05. The molecule has 4 rings (SSSR count). The predicted molar refractivity (Wildman–Crippen MR) is 111 cm³/mol. The maximum atomic E-state index is 12.0. The Morgan fingerprint density at radius 1 is 1.43 bits per heavy atom. The lowest BCUT2D eigenvalue weighted by Crippen LogP contribution is -2.15. The van der Waals surface area contributed by atoms with Crippen LogP contribution >= 0.6 is 23.1 Å². The molecule has 0 spiro atoms. The van der Waals surface area contributed by atoms with Crippen LogP contribution in [0, 0.1) is 5.92 Å². The molecule has 0 bridgehead atoms. The average Bonchev–Trinajstić information content (AvgIpc) is 3.33. The minimum Gasteiger partial charge on any atom is -0.497 e. The van der Waals surface area contributed by atoms with E-state index in [9.17, 15) is 9.90 Å². The number of methoxy groups -OCH3 is 1. The van der Waals surface area contributed by atoms with Crippen molar-refractivity contribution in [3.05, 3.63) is 46.3 Å². The largest absolute Gasteiger partial charge is 0.497 e. The van der Waals surface area contributed by atoms with Gasteiger partial charge >= 0.3 is 5.97 Å². The molecule has 3 heterocycles. The fourth-order valence-corrected chi connectivity index (χ4v) is 4.87. The fourth-order valence-electron chi connectivity index (χ4n) is 3.13. The fraction of sp³-hybridized carbons (Fsp3) is 0.300. The number of fused-ring (bicyclic) bond motifs is 3. The number of nitrogens with zero attached hydrogens (tertiary/aromatic N) is 2. The molecule has 1 atom stereocenters. The predicted octanol–water partition coefficient (Wildman–Crippen LogP) is 5.09. The number of hydrogen-bond acceptors (Lipinski definition) is 6. The van der Waals surface area contributed by atoms with E-state index in [-0.39, 0.29) is 5.69 Å². The summed E-state index contributed by atoms with van der Waals surface area (Å²) in [5, 5.41) is 18.2. The monoisotopic (exact) mass is 416 g/mol. The number of hydrogen-bond donors (Lipinski definition) is 1. The van der Waals surface area contributed by atoms with Gasteiger partial charge in [-0.15, -0.1) is 11.8 Å². The van der Waals surface area contributed by atoms with Crippen LogP contribution < -0.4 is 9.47 Å². The van der Waals surface area contributed by atoms with E-state index < -0.39 is 11.4 Å². The van der Waals surface area contributed by atoms with E-state index in [1.165, 1.54) is 0 Å². The first-order valence-electron chi connectivity index (χ1n) is 8.85. The molecule has 1 N–H and O–H groups in total. The van der Waals surface area contributed by atoms with Crippen LogP contribution in [0.15, 0.2) is 35.0 Å². The summed E-state index contributed by atoms with van der Waals surface area (Å²) in [6.07, 6.45) is 0. The van der Waals surface area contributed by atoms with Crippen molar-refractivity contribution >= 4 is 29.1 Å². The van der Waals surface area contributed by atoms with Crippen molar-refractivity contribution in [1.29, 1.82) is 0 Å². The Labute approximate surface area is 171 Å². The van der Waals surface area contributed by atoms with Crippen molar-refractivity contribution in [3.8, 4) is 28.4 Å². The number of carbonyl (C=O) groups is 1. The number of ether oxygens (including phenoxy) is 2. The molecule has 1 aromatic carbocycles. The van der Waals surface area contributed by atoms with Crippen LogP contribution in [0.3, 0.4) is 0 Å². The van der Waals surface area contributed by atoms with Crippen molar-refractivity contribution in [2.45, 2.75) is 19.3 Å². The molecule has 0 saturated carbocycles. The lowest BCUT2D eigenvalue weighted by molar-refractivity contribution is 0.0686. The summed E-state index contributed by atoms with van der Waals surface area (Å²) in [6, 6.07) is 7.51. The molecule has 8 heteroatoms. The molecule has 0 fully saturated rings. The average molecular weight is 417 g/mol. The summed E-state index contributed by atoms with van der Waals surface area (Å²) in [5.41, 5.74) is 2.61. The summed E-state index contributed by atoms with van der Waals surface area (Å²) >= 11 is 3.13. The van der Waals surface area contributed by atoms with Gasteiger partial charge in [-0.2, -0.15) is 16.4 Å². The van der Waals surface area contributed by atoms with Gasteiger partial charge < -0.3 is 14.6 Å². The van der Waals surface area contributed by atoms with Crippen LogP contribution in [0.25, 0.3) is 16.9 Å². The van der Waals surface area contributed by atoms with Crippen LogP contribution in [0.5, 0.6) is 11.5 Å². The van der Waals surface area contributed by atoms with E-state index in [0.717, 1.165) is 22.7 Å². The number of carboxylic acid groups (broad SMARTS) is 1. The molecular formula is C20H20N2O4S2. The number of thiophene rings is 1. The number of aromatic carboxylic acids is 1. The Kier molecular flexibility index (Phi) is 5.07. The van der Waals surface area contributed by atoms with Crippen LogP contribution in [0.2, 0.25) is 0 Å². The number of benzene rings is 1. The Bertz CT molecular complexity index is 1010. The third-order valence-corrected chi connectivity index (χ3v) is 6.53. The van der Waals surface area contributed by atoms with Gasteiger partial charge in [0.05, 0.1) is 24.1 Å². The molecule has 28 heavy (non-hydrogen) atoms. The van der Waals surface area contributed by atoms with Gasteiger partial charge in [0.2, 0.25) is 0 Å². The molecule has 6 nitrogen and oxygen atoms in total. The van der Waals surface area contributed by atoms with Crippen LogP contribution in [0.1, 0.15) is 35.3 Å². The SMILES string of the molecule is COc1ccc2c(c1)OC(SCC(C)C)c1c(C(=O)O)nn(-c3ccsc3)c1-2. The zero-order valence-electron chi connectivity index (χ0n) is 15.7. The lowest BCUT2D eigenvalue weighted by Gasteiger charge is -2.27. The number of carboxylic acids is 1. The van der Waals surface area contributed by atoms with Gasteiger partial charge in [-0.3, -0.25) is 0 Å². The molecule has 3 aromatic rings. The van der Waals surface area contributed by atoms with Gasteiger partial charge in [0, 0.05) is 17.0 Å². The molecular weight excluding hydrogens is 396 g/mol. The topological polar surface area (TPSA) is 73.6 Å². The van der Waals surface area contributed by atoms with E-state index in [1.54, 1.807) is 34.9 Å². The minimum absolute atomic E-state index is 0.0314. The van der Waals surface area contributed by atoms with Gasteiger partial charge in [0.1, 0.15) is 11.5 Å². The number of aromatic nitrogens is 2. The maximum Gasteiger partial charge on any atom is 0.356 e. The van der Waals surface area contributed by atoms with Gasteiger partial charge in [0.15, 0.2) is 11.1 Å². The first-order valence-corrected chi connectivity index (χ1v) is 10.8. The third kappa shape index (κ3) is 3.27. The van der Waals surface area contributed by atoms with E-state index in [4.69, 9.17) is 9.47 Å². The summed E-state index contributed by atoms with van der Waals surface area (Å²) in [5.74, 6) is 1.59. The van der Waals surface area contributed by atoms with Gasteiger partial charge in [-0.25, -0.2) is 9.48 Å². The second kappa shape index (κ2) is 7.52. The smallest absolute Gasteiger partial charge is 0.356 e. The van der Waals surface area contributed by atoms with Crippen molar-refractivity contribution in [3.63, 3.8) is 0 Å². The molecule has 0 aliphatic carbocycles. The lowest BCUT2D eigenvalue weighted by atomic mass is 10.0. The molecule has 0 saturated heterocycles. The Morgan fingerprint density at radius 2 is 2.25 bits per heavy atom. The summed E-state index contributed by atoms with van der Waals surface area (Å²) in [6.45, 7) is 4.25. The molecule has 0 amide bonds. The molecule has 0 radical (unpaired) electrons. The first kappa shape index (κ1) is 18.9. The van der Waals surface area contributed by atoms with Crippen LogP contribution in [-0.2, 0) is 0 Å². The highest BCUT2D eigenvalue weighted by Crippen LogP contribution is 2.49. The molecule has 1 aliphatic rings. The molecule has 1 aliphatic heterocycles. The first-order chi connectivity index (χ1) is 13.5. The van der Waals surface area contributed by atoms with Crippen molar-refractivity contribution in [2.24, 2.45) is 5.92 Å². The third-order valence-electron chi connectivity index (χ3n) is 4.37. The zero-order chi connectivity index (χ0) is 19.8. The van der Waals surface area contributed by atoms with E-state index in [0.29, 0.717) is 23.0 Å². The summed E-state index contributed by atoms with van der Waals surface area (Å²) in [4.78, 5) is 12.0. The van der Waals surface area contributed by atoms with Crippen LogP contribution in [0.4, 0.5) is 0 Å². The summed E-state index contributed by atoms with van der Waals surface area (Å²) in [7, 11) is 1.61. The second-order valence-corrected chi connectivity index (χ2v) is 8.72. The molecule has 146 valence electrons. The van der Waals surface area contributed by atoms with Crippen molar-refractivity contribution in [1.82, 2.24) is 9.78 Å². The Hall–Kier alpha value is -2.45. The van der Waals surface area contributed by atoms with Crippen molar-refractivity contribution in [2.75, 3.05) is 12.9 Å². The highest BCUT2D eigenvalue weighted by Gasteiger charge is 2.37. The summed E-state index contributed by atoms with van der Waals surface area (Å²) < 4.78 is 13.3. The normalized spacial score (nSPS) is 15.1. The van der Waals surface area contributed by atoms with Crippen molar-refractivity contribution < 1.29 is 19.4 Å². The van der Waals surface area contributed by atoms with E-state index in [2.05, 4.69) is 18.9 Å². The maximum absolute atomic E-state index is 12.0. The Morgan fingerprint density at radius 3 is 2.89 bits per heavy atom. The van der Waals surface area contributed by atoms with Gasteiger partial charge in [-0.05, 0) is 35.2 Å². The second-order valence-electron chi connectivity index (χ2n) is 6.85. The standard InChI is InChI=1S/C20H20N2O4S2/c1-11(2)9-28-20-16-17(19(23)24)21-22(12-6-7-27-10-12)18(16)14-5-4-13(25-3)8-15(14)26-20/h4-8,10-11,20H,9H2,1-3H3,(H,23,24). The highest BCUT2D eigenvalue weighted by atomic mass is 32.2. The number of rotatable bonds is 6. The molecule has 2 aromatic heterocycles. The number of thioether (sulfide) groups is 1. The van der Waals surface area contributed by atoms with Gasteiger partial charge in [-0.1, -0.05) is 13.8 Å². The molecule has 1 unspecified atom stereocenters. The van der Waals surface area contributed by atoms with E-state index >= 15 is 0 Å². The zero-order valence-corrected chi connectivity index (χ0v) is 17.3. The quantitative estimate of drug-likeness (QED) is 0.603. The van der Waals surface area contributed by atoms with E-state index in [1.807, 2.05) is 35.0 Å². The Balaban J connectivity index is 1.95. The van der Waals surface area contributed by atoms with Crippen LogP contribution in [-0.4, -0.2) is 33.7 Å². The van der Waals surface area contributed by atoms with Gasteiger partial charge in [0.25, 0.3) is 0 Å². The highest BCUT2D eigenvalue weighted by molar-refractivity contribution is 7.99.